The average molecular weight is 396 g/mol. The first kappa shape index (κ1) is 20.0. The smallest absolute Gasteiger partial charge is 0.188 e. The molecule has 3 N–H and O–H groups in total. The van der Waals surface area contributed by atoms with Gasteiger partial charge < -0.3 is 16.0 Å². The van der Waals surface area contributed by atoms with E-state index in [0.29, 0.717) is 5.96 Å². The van der Waals surface area contributed by atoms with Crippen molar-refractivity contribution in [1.82, 2.24) is 10.2 Å². The molecule has 0 aromatic rings. The van der Waals surface area contributed by atoms with Crippen molar-refractivity contribution in [2.75, 3.05) is 19.6 Å². The monoisotopic (exact) mass is 396 g/mol. The van der Waals surface area contributed by atoms with Gasteiger partial charge in [-0.15, -0.1) is 24.0 Å². The number of unbranched alkanes of at least 4 members (excludes halogenated alkanes) is 1. The summed E-state index contributed by atoms with van der Waals surface area (Å²) in [7, 11) is 0. The van der Waals surface area contributed by atoms with E-state index < -0.39 is 0 Å². The van der Waals surface area contributed by atoms with Crippen LogP contribution >= 0.6 is 24.0 Å². The Morgan fingerprint density at radius 3 is 2.60 bits per heavy atom. The SMILES string of the molecule is CC1CCCCN1CCCCN=C(N)NC(C)(C)C.I. The van der Waals surface area contributed by atoms with E-state index in [-0.39, 0.29) is 29.5 Å². The molecule has 4 nitrogen and oxygen atoms in total. The van der Waals surface area contributed by atoms with Crippen LogP contribution in [0.5, 0.6) is 0 Å². The van der Waals surface area contributed by atoms with E-state index in [9.17, 15) is 0 Å². The molecule has 0 spiro atoms. The molecule has 0 bridgehead atoms. The topological polar surface area (TPSA) is 53.6 Å². The Hall–Kier alpha value is -0.0400. The Labute approximate surface area is 142 Å². The van der Waals surface area contributed by atoms with Crippen LogP contribution in [0.15, 0.2) is 4.99 Å². The van der Waals surface area contributed by atoms with Crippen LogP contribution in [-0.4, -0.2) is 42.1 Å². The van der Waals surface area contributed by atoms with Crippen molar-refractivity contribution in [2.45, 2.75) is 71.4 Å². The van der Waals surface area contributed by atoms with Crippen molar-refractivity contribution < 1.29 is 0 Å². The van der Waals surface area contributed by atoms with Crippen LogP contribution in [-0.2, 0) is 0 Å². The van der Waals surface area contributed by atoms with Crippen molar-refractivity contribution in [3.05, 3.63) is 0 Å². The predicted molar refractivity (Wildman–Crippen MR) is 98.9 cm³/mol. The summed E-state index contributed by atoms with van der Waals surface area (Å²) < 4.78 is 0. The van der Waals surface area contributed by atoms with Crippen LogP contribution in [0.4, 0.5) is 0 Å². The fourth-order valence-electron chi connectivity index (χ4n) is 2.54. The van der Waals surface area contributed by atoms with Crippen molar-refractivity contribution in [1.29, 1.82) is 0 Å². The summed E-state index contributed by atoms with van der Waals surface area (Å²) in [5.41, 5.74) is 5.83. The number of nitrogens with zero attached hydrogens (tertiary/aromatic N) is 2. The zero-order valence-electron chi connectivity index (χ0n) is 13.6. The Balaban J connectivity index is 0.00000361. The molecule has 1 saturated heterocycles. The van der Waals surface area contributed by atoms with Gasteiger partial charge in [0.15, 0.2) is 5.96 Å². The molecule has 1 aliphatic rings. The summed E-state index contributed by atoms with van der Waals surface area (Å²) in [6, 6.07) is 0.768. The molecule has 0 aromatic heterocycles. The number of halogens is 1. The first-order valence-corrected chi connectivity index (χ1v) is 7.70. The second kappa shape index (κ2) is 9.82. The minimum absolute atomic E-state index is 0. The van der Waals surface area contributed by atoms with Gasteiger partial charge in [-0.2, -0.15) is 0 Å². The molecule has 1 rings (SSSR count). The summed E-state index contributed by atoms with van der Waals surface area (Å²) in [4.78, 5) is 6.99. The largest absolute Gasteiger partial charge is 0.370 e. The Kier molecular flexibility index (Phi) is 9.80. The molecule has 0 radical (unpaired) electrons. The number of nitrogens with one attached hydrogen (secondary N) is 1. The lowest BCUT2D eigenvalue weighted by Crippen LogP contribution is -2.45. The van der Waals surface area contributed by atoms with Gasteiger partial charge in [0.1, 0.15) is 0 Å². The summed E-state index contributed by atoms with van der Waals surface area (Å²) >= 11 is 0. The van der Waals surface area contributed by atoms with Gasteiger partial charge in [0, 0.05) is 18.1 Å². The van der Waals surface area contributed by atoms with E-state index in [2.05, 4.69) is 42.9 Å². The van der Waals surface area contributed by atoms with E-state index in [1.807, 2.05) is 0 Å². The second-order valence-electron chi connectivity index (χ2n) is 6.73. The molecule has 0 amide bonds. The number of piperidine rings is 1. The lowest BCUT2D eigenvalue weighted by molar-refractivity contribution is 0.158. The molecule has 0 aromatic carbocycles. The van der Waals surface area contributed by atoms with E-state index >= 15 is 0 Å². The van der Waals surface area contributed by atoms with Crippen LogP contribution < -0.4 is 11.1 Å². The van der Waals surface area contributed by atoms with Crippen LogP contribution in [0.3, 0.4) is 0 Å². The minimum atomic E-state index is -0.00316. The molecular formula is C15H33IN4. The standard InChI is InChI=1S/C15H32N4.HI/c1-13-9-5-7-11-19(13)12-8-6-10-17-14(16)18-15(2,3)4;/h13H,5-12H2,1-4H3,(H3,16,17,18);1H. The average Bonchev–Trinajstić information content (AvgIpc) is 2.28. The van der Waals surface area contributed by atoms with E-state index in [1.54, 1.807) is 0 Å². The molecule has 1 heterocycles. The number of likely N-dealkylation sites (tertiary alicyclic amines) is 1. The summed E-state index contributed by atoms with van der Waals surface area (Å²) in [6.07, 6.45) is 6.47. The van der Waals surface area contributed by atoms with Crippen molar-refractivity contribution in [3.63, 3.8) is 0 Å². The van der Waals surface area contributed by atoms with Gasteiger partial charge in [-0.1, -0.05) is 6.42 Å². The molecular weight excluding hydrogens is 363 g/mol. The van der Waals surface area contributed by atoms with Gasteiger partial charge in [-0.05, 0) is 66.5 Å². The van der Waals surface area contributed by atoms with Gasteiger partial charge >= 0.3 is 0 Å². The van der Waals surface area contributed by atoms with Gasteiger partial charge in [-0.3, -0.25) is 4.99 Å². The number of rotatable bonds is 5. The maximum Gasteiger partial charge on any atom is 0.188 e. The molecule has 0 aliphatic carbocycles. The van der Waals surface area contributed by atoms with Gasteiger partial charge in [0.2, 0.25) is 0 Å². The van der Waals surface area contributed by atoms with Gasteiger partial charge in [0.25, 0.3) is 0 Å². The first-order valence-electron chi connectivity index (χ1n) is 7.70. The van der Waals surface area contributed by atoms with Crippen LogP contribution in [0, 0.1) is 0 Å². The normalized spacial score (nSPS) is 21.4. The summed E-state index contributed by atoms with van der Waals surface area (Å²) in [5.74, 6) is 0.568. The summed E-state index contributed by atoms with van der Waals surface area (Å²) in [5, 5.41) is 3.18. The highest BCUT2D eigenvalue weighted by Crippen LogP contribution is 2.16. The zero-order valence-corrected chi connectivity index (χ0v) is 15.9. The molecule has 1 atom stereocenters. The summed E-state index contributed by atoms with van der Waals surface area (Å²) in [6.45, 7) is 11.9. The fraction of sp³-hybridized carbons (Fsp3) is 0.933. The fourth-order valence-corrected chi connectivity index (χ4v) is 2.54. The lowest BCUT2D eigenvalue weighted by atomic mass is 10.0. The van der Waals surface area contributed by atoms with Crippen LogP contribution in [0.25, 0.3) is 0 Å². The number of nitrogens with two attached hydrogens (primary N) is 1. The maximum absolute atomic E-state index is 5.84. The Morgan fingerprint density at radius 2 is 2.00 bits per heavy atom. The molecule has 1 fully saturated rings. The second-order valence-corrected chi connectivity index (χ2v) is 6.73. The third-order valence-electron chi connectivity index (χ3n) is 3.58. The number of aliphatic imine (C=N–C) groups is 1. The highest BCUT2D eigenvalue weighted by molar-refractivity contribution is 14.0. The third-order valence-corrected chi connectivity index (χ3v) is 3.58. The van der Waals surface area contributed by atoms with E-state index in [0.717, 1.165) is 19.0 Å². The van der Waals surface area contributed by atoms with Crippen LogP contribution in [0.1, 0.15) is 59.8 Å². The lowest BCUT2D eigenvalue weighted by Gasteiger charge is -2.33. The number of hydrogen-bond acceptors (Lipinski definition) is 2. The highest BCUT2D eigenvalue weighted by atomic mass is 127. The highest BCUT2D eigenvalue weighted by Gasteiger charge is 2.16. The molecule has 1 aliphatic heterocycles. The van der Waals surface area contributed by atoms with Gasteiger partial charge in [-0.25, -0.2) is 0 Å². The number of hydrogen-bond donors (Lipinski definition) is 2. The van der Waals surface area contributed by atoms with Gasteiger partial charge in [0.05, 0.1) is 0 Å². The molecule has 20 heavy (non-hydrogen) atoms. The Morgan fingerprint density at radius 1 is 1.30 bits per heavy atom. The quantitative estimate of drug-likeness (QED) is 0.325. The Bertz CT molecular complexity index is 286. The van der Waals surface area contributed by atoms with Crippen molar-refractivity contribution >= 4 is 29.9 Å². The maximum atomic E-state index is 5.84. The van der Waals surface area contributed by atoms with E-state index in [1.165, 1.54) is 38.8 Å². The zero-order chi connectivity index (χ0) is 14.3. The minimum Gasteiger partial charge on any atom is -0.370 e. The molecule has 5 heteroatoms. The van der Waals surface area contributed by atoms with Crippen LogP contribution in [0.2, 0.25) is 0 Å². The molecule has 1 unspecified atom stereocenters. The molecule has 120 valence electrons. The first-order chi connectivity index (χ1) is 8.88. The van der Waals surface area contributed by atoms with Crippen molar-refractivity contribution in [2.24, 2.45) is 10.7 Å². The predicted octanol–water partition coefficient (Wildman–Crippen LogP) is 2.96. The molecule has 0 saturated carbocycles. The number of guanidine groups is 1. The third kappa shape index (κ3) is 9.00. The van der Waals surface area contributed by atoms with Crippen molar-refractivity contribution in [3.8, 4) is 0 Å². The van der Waals surface area contributed by atoms with E-state index in [4.69, 9.17) is 5.73 Å².